The first-order valence-electron chi connectivity index (χ1n) is 17.9. The molecular weight excluding hydrogens is 672 g/mol. The van der Waals surface area contributed by atoms with E-state index in [1.807, 2.05) is 32.0 Å². The highest BCUT2D eigenvalue weighted by molar-refractivity contribution is 5.87. The monoisotopic (exact) mass is 720 g/mol. The molecule has 2 saturated heterocycles. The number of fused-ring (bicyclic) bond motifs is 6. The number of ether oxygens (including phenoxy) is 4. The molecule has 1 aromatic carbocycles. The zero-order chi connectivity index (χ0) is 36.8. The van der Waals surface area contributed by atoms with Gasteiger partial charge in [0.1, 0.15) is 29.5 Å². The average molecular weight is 721 g/mol. The Labute approximate surface area is 302 Å². The molecule has 0 spiro atoms. The molecule has 0 aliphatic carbocycles. The van der Waals surface area contributed by atoms with Crippen LogP contribution in [0, 0.1) is 5.92 Å². The molecule has 16 nitrogen and oxygen atoms in total. The van der Waals surface area contributed by atoms with Crippen LogP contribution in [0.15, 0.2) is 30.6 Å². The third-order valence-corrected chi connectivity index (χ3v) is 9.87. The molecule has 2 fully saturated rings. The summed E-state index contributed by atoms with van der Waals surface area (Å²) < 4.78 is 21.8. The van der Waals surface area contributed by atoms with Crippen molar-refractivity contribution in [1.29, 1.82) is 0 Å². The Kier molecular flexibility index (Phi) is 11.6. The normalized spacial score (nSPS) is 21.6. The van der Waals surface area contributed by atoms with E-state index in [0.717, 1.165) is 48.2 Å². The molecule has 4 N–H and O–H groups in total. The molecule has 0 saturated carbocycles. The Hall–Kier alpha value is -5.12. The predicted molar refractivity (Wildman–Crippen MR) is 188 cm³/mol. The van der Waals surface area contributed by atoms with Crippen LogP contribution in [0.1, 0.15) is 76.1 Å². The van der Waals surface area contributed by atoms with E-state index in [-0.39, 0.29) is 36.4 Å². The summed E-state index contributed by atoms with van der Waals surface area (Å²) in [5, 5.41) is 5.32. The van der Waals surface area contributed by atoms with Crippen molar-refractivity contribution >= 4 is 24.0 Å². The zero-order valence-corrected chi connectivity index (χ0v) is 30.1. The van der Waals surface area contributed by atoms with Crippen molar-refractivity contribution in [2.24, 2.45) is 5.92 Å². The second kappa shape index (κ2) is 16.5. The number of aromatic amines is 2. The van der Waals surface area contributed by atoms with Crippen LogP contribution < -0.4 is 15.4 Å². The van der Waals surface area contributed by atoms with Crippen molar-refractivity contribution in [2.45, 2.75) is 76.5 Å². The lowest BCUT2D eigenvalue weighted by molar-refractivity contribution is -0.136. The van der Waals surface area contributed by atoms with E-state index in [1.54, 1.807) is 22.2 Å². The minimum atomic E-state index is -0.883. The van der Waals surface area contributed by atoms with E-state index >= 15 is 0 Å². The van der Waals surface area contributed by atoms with Crippen molar-refractivity contribution in [3.63, 3.8) is 0 Å². The molecule has 3 aliphatic heterocycles. The number of alkyl carbamates (subject to hydrolysis) is 2. The lowest BCUT2D eigenvalue weighted by Crippen LogP contribution is -2.51. The summed E-state index contributed by atoms with van der Waals surface area (Å²) in [5.41, 5.74) is 3.20. The molecule has 0 unspecified atom stereocenters. The number of amides is 4. The van der Waals surface area contributed by atoms with Gasteiger partial charge in [0.05, 0.1) is 63.3 Å². The van der Waals surface area contributed by atoms with Crippen molar-refractivity contribution in [3.05, 3.63) is 42.2 Å². The van der Waals surface area contributed by atoms with E-state index in [2.05, 4.69) is 25.6 Å². The smallest absolute Gasteiger partial charge is 0.407 e. The first kappa shape index (κ1) is 36.7. The Balaban J connectivity index is 1.25. The van der Waals surface area contributed by atoms with Crippen LogP contribution in [0.3, 0.4) is 0 Å². The molecule has 4 atom stereocenters. The second-order valence-electron chi connectivity index (χ2n) is 13.6. The molecule has 6 rings (SSSR count). The summed E-state index contributed by atoms with van der Waals surface area (Å²) in [6, 6.07) is 3.76. The molecule has 0 radical (unpaired) electrons. The maximum atomic E-state index is 13.7. The number of nitrogens with zero attached hydrogens (tertiary/aromatic N) is 4. The second-order valence-corrected chi connectivity index (χ2v) is 13.6. The Morgan fingerprint density at radius 1 is 0.904 bits per heavy atom. The van der Waals surface area contributed by atoms with Crippen LogP contribution in [0.4, 0.5) is 9.59 Å². The van der Waals surface area contributed by atoms with Gasteiger partial charge in [-0.1, -0.05) is 19.9 Å². The molecular formula is C36H48N8O8. The zero-order valence-electron chi connectivity index (χ0n) is 30.1. The van der Waals surface area contributed by atoms with Crippen LogP contribution in [-0.4, -0.2) is 113 Å². The quantitative estimate of drug-likeness (QED) is 0.288. The summed E-state index contributed by atoms with van der Waals surface area (Å²) in [5.74, 6) is 1.44. The summed E-state index contributed by atoms with van der Waals surface area (Å²) in [6.07, 6.45) is 6.63. The van der Waals surface area contributed by atoms with Crippen LogP contribution in [0.5, 0.6) is 5.75 Å². The minimum Gasteiger partial charge on any atom is -0.493 e. The third-order valence-electron chi connectivity index (χ3n) is 9.87. The van der Waals surface area contributed by atoms with Gasteiger partial charge in [0.15, 0.2) is 0 Å². The van der Waals surface area contributed by atoms with Crippen molar-refractivity contribution in [3.8, 4) is 28.3 Å². The Morgan fingerprint density at radius 3 is 2.37 bits per heavy atom. The number of hydrogen-bond acceptors (Lipinski definition) is 10. The van der Waals surface area contributed by atoms with Crippen LogP contribution >= 0.6 is 0 Å². The number of rotatable bonds is 6. The molecule has 16 heteroatoms. The van der Waals surface area contributed by atoms with Crippen molar-refractivity contribution in [2.75, 3.05) is 47.1 Å². The van der Waals surface area contributed by atoms with Gasteiger partial charge in [-0.15, -0.1) is 0 Å². The van der Waals surface area contributed by atoms with E-state index < -0.39 is 24.3 Å². The van der Waals surface area contributed by atoms with Gasteiger partial charge in [-0.05, 0) is 56.6 Å². The molecule has 52 heavy (non-hydrogen) atoms. The molecule has 2 bridgehead atoms. The summed E-state index contributed by atoms with van der Waals surface area (Å²) in [4.78, 5) is 71.2. The van der Waals surface area contributed by atoms with Gasteiger partial charge in [0, 0.05) is 30.8 Å². The standard InChI is InChI=1S/C36H48N8O8/c1-21(2)30(42-36(48)50-4)34(46)44-14-8-10-28(44)31-37-18-24(39-31)22-11-12-23-25-19-38-32(40-25)27-9-7-13-43(27)33(45)26(41-35(47)49-3)20-51-15-5-6-16-52-29(23)17-22/h11-12,17-19,21,26-28,30H,5-10,13-16,20H2,1-4H3,(H,37,39)(H,38,40)(H,41,47)(H,42,48)/t26-,27-,28+,30-/m0/s1. The van der Waals surface area contributed by atoms with Gasteiger partial charge in [0.2, 0.25) is 11.8 Å². The van der Waals surface area contributed by atoms with Gasteiger partial charge in [0.25, 0.3) is 0 Å². The van der Waals surface area contributed by atoms with Gasteiger partial charge < -0.3 is 49.3 Å². The number of imidazole rings is 2. The Morgan fingerprint density at radius 2 is 1.60 bits per heavy atom. The predicted octanol–water partition coefficient (Wildman–Crippen LogP) is 4.09. The number of likely N-dealkylation sites (tertiary alicyclic amines) is 1. The van der Waals surface area contributed by atoms with Gasteiger partial charge >= 0.3 is 12.2 Å². The van der Waals surface area contributed by atoms with E-state index in [1.165, 1.54) is 14.2 Å². The fraction of sp³-hybridized carbons (Fsp3) is 0.556. The Bertz CT molecular complexity index is 1740. The minimum absolute atomic E-state index is 0.0231. The van der Waals surface area contributed by atoms with Gasteiger partial charge in [-0.2, -0.15) is 0 Å². The number of benzene rings is 1. The largest absolute Gasteiger partial charge is 0.493 e. The highest BCUT2D eigenvalue weighted by Gasteiger charge is 2.38. The summed E-state index contributed by atoms with van der Waals surface area (Å²) in [7, 11) is 2.54. The number of aromatic nitrogens is 4. The van der Waals surface area contributed by atoms with Crippen molar-refractivity contribution < 1.29 is 38.1 Å². The van der Waals surface area contributed by atoms with Crippen LogP contribution in [0.25, 0.3) is 22.5 Å². The van der Waals surface area contributed by atoms with E-state index in [4.69, 9.17) is 23.9 Å². The first-order chi connectivity index (χ1) is 25.2. The van der Waals surface area contributed by atoms with Crippen LogP contribution in [-0.2, 0) is 23.8 Å². The van der Waals surface area contributed by atoms with Crippen molar-refractivity contribution in [1.82, 2.24) is 40.4 Å². The molecule has 280 valence electrons. The maximum absolute atomic E-state index is 13.7. The SMILES string of the molecule is COC(=O)N[C@H]1COCCCCOc2cc(-c3cnc([C@H]4CCCN4C(=O)[C@@H](NC(=O)OC)C(C)C)[nH]3)ccc2-c2cnc([nH]2)[C@@H]2CCCN2C1=O. The highest BCUT2D eigenvalue weighted by Crippen LogP contribution is 2.38. The summed E-state index contributed by atoms with van der Waals surface area (Å²) in [6.45, 7) is 5.70. The van der Waals surface area contributed by atoms with Gasteiger partial charge in [-0.3, -0.25) is 9.59 Å². The number of H-pyrrole nitrogens is 2. The lowest BCUT2D eigenvalue weighted by Gasteiger charge is -2.30. The average Bonchev–Trinajstić information content (AvgIpc) is 3.98. The molecule has 3 aromatic rings. The fourth-order valence-corrected chi connectivity index (χ4v) is 7.10. The number of nitrogens with one attached hydrogen (secondary N) is 4. The maximum Gasteiger partial charge on any atom is 0.407 e. The lowest BCUT2D eigenvalue weighted by atomic mass is 10.0. The molecule has 2 aromatic heterocycles. The number of carbonyl (C=O) groups is 4. The van der Waals surface area contributed by atoms with Gasteiger partial charge in [-0.25, -0.2) is 19.6 Å². The number of hydrogen-bond donors (Lipinski definition) is 4. The molecule has 5 heterocycles. The highest BCUT2D eigenvalue weighted by atomic mass is 16.5. The van der Waals surface area contributed by atoms with E-state index in [0.29, 0.717) is 56.5 Å². The summed E-state index contributed by atoms with van der Waals surface area (Å²) >= 11 is 0. The van der Waals surface area contributed by atoms with E-state index in [9.17, 15) is 19.2 Å². The molecule has 3 aliphatic rings. The number of methoxy groups -OCH3 is 2. The topological polar surface area (TPSA) is 193 Å². The van der Waals surface area contributed by atoms with Crippen LogP contribution in [0.2, 0.25) is 0 Å². The molecule has 4 amide bonds. The number of carbonyl (C=O) groups excluding carboxylic acids is 4. The fourth-order valence-electron chi connectivity index (χ4n) is 7.10. The first-order valence-corrected chi connectivity index (χ1v) is 17.9. The third kappa shape index (κ3) is 8.01.